The number of nitrogens with zero attached hydrogens (tertiary/aromatic N) is 3. The van der Waals surface area contributed by atoms with Crippen molar-refractivity contribution < 1.29 is 4.79 Å². The Morgan fingerprint density at radius 3 is 2.67 bits per heavy atom. The Hall–Kier alpha value is -3.67. The first-order chi connectivity index (χ1) is 16.2. The highest BCUT2D eigenvalue weighted by molar-refractivity contribution is 6.07. The molecule has 1 aliphatic carbocycles. The van der Waals surface area contributed by atoms with Crippen LogP contribution in [0.15, 0.2) is 54.6 Å². The molecule has 0 saturated heterocycles. The SMILES string of the molecule is CCNC(=O)c1cccc2c1cc(C)n2-c1nc2c(c(NCc3ccccc3)n1)CCCC2. The Balaban J connectivity index is 1.60. The molecule has 2 N–H and O–H groups in total. The van der Waals surface area contributed by atoms with E-state index in [0.29, 0.717) is 18.1 Å². The minimum atomic E-state index is -0.0585. The number of benzene rings is 2. The summed E-state index contributed by atoms with van der Waals surface area (Å²) in [7, 11) is 0. The van der Waals surface area contributed by atoms with E-state index in [1.165, 1.54) is 11.1 Å². The van der Waals surface area contributed by atoms with Crippen LogP contribution in [0.1, 0.15) is 52.6 Å². The fourth-order valence-electron chi connectivity index (χ4n) is 4.69. The Kier molecular flexibility index (Phi) is 5.82. The van der Waals surface area contributed by atoms with Gasteiger partial charge in [0.1, 0.15) is 5.82 Å². The zero-order valence-electron chi connectivity index (χ0n) is 19.2. The maximum atomic E-state index is 12.6. The largest absolute Gasteiger partial charge is 0.366 e. The minimum absolute atomic E-state index is 0.0585. The van der Waals surface area contributed by atoms with E-state index in [0.717, 1.165) is 60.3 Å². The summed E-state index contributed by atoms with van der Waals surface area (Å²) in [5, 5.41) is 7.41. The average molecular weight is 440 g/mol. The average Bonchev–Trinajstić information content (AvgIpc) is 3.19. The van der Waals surface area contributed by atoms with Crippen molar-refractivity contribution in [2.45, 2.75) is 46.1 Å². The van der Waals surface area contributed by atoms with Gasteiger partial charge in [0.15, 0.2) is 0 Å². The number of nitrogens with one attached hydrogen (secondary N) is 2. The van der Waals surface area contributed by atoms with Crippen LogP contribution in [-0.2, 0) is 19.4 Å². The number of fused-ring (bicyclic) bond motifs is 2. The first-order valence-electron chi connectivity index (χ1n) is 11.7. The second kappa shape index (κ2) is 9.06. The van der Waals surface area contributed by atoms with Gasteiger partial charge < -0.3 is 10.6 Å². The minimum Gasteiger partial charge on any atom is -0.366 e. The Morgan fingerprint density at radius 2 is 1.85 bits per heavy atom. The molecule has 33 heavy (non-hydrogen) atoms. The quantitative estimate of drug-likeness (QED) is 0.445. The highest BCUT2D eigenvalue weighted by Crippen LogP contribution is 2.30. The van der Waals surface area contributed by atoms with Gasteiger partial charge in [-0.3, -0.25) is 9.36 Å². The highest BCUT2D eigenvalue weighted by atomic mass is 16.1. The van der Waals surface area contributed by atoms with Crippen molar-refractivity contribution in [1.29, 1.82) is 0 Å². The van der Waals surface area contributed by atoms with Crippen molar-refractivity contribution in [3.63, 3.8) is 0 Å². The van der Waals surface area contributed by atoms with Crippen LogP contribution in [-0.4, -0.2) is 27.0 Å². The van der Waals surface area contributed by atoms with Gasteiger partial charge in [-0.25, -0.2) is 4.98 Å². The first kappa shape index (κ1) is 21.2. The van der Waals surface area contributed by atoms with Gasteiger partial charge in [0.25, 0.3) is 5.91 Å². The molecule has 1 aliphatic rings. The molecule has 0 saturated carbocycles. The number of carbonyl (C=O) groups excluding carboxylic acids is 1. The summed E-state index contributed by atoms with van der Waals surface area (Å²) in [6.07, 6.45) is 4.28. The zero-order valence-corrected chi connectivity index (χ0v) is 19.2. The molecule has 5 rings (SSSR count). The predicted molar refractivity (Wildman–Crippen MR) is 132 cm³/mol. The lowest BCUT2D eigenvalue weighted by Gasteiger charge is -2.21. The summed E-state index contributed by atoms with van der Waals surface area (Å²) in [6.45, 7) is 5.29. The standard InChI is InChI=1S/C27H29N5O/c1-3-28-26(33)20-13-9-15-24-22(20)16-18(2)32(24)27-30-23-14-8-7-12-21(23)25(31-27)29-17-19-10-5-4-6-11-19/h4-6,9-11,13,15-16H,3,7-8,12,14,17H2,1-2H3,(H,28,33)(H,29,30,31). The van der Waals surface area contributed by atoms with Gasteiger partial charge >= 0.3 is 0 Å². The van der Waals surface area contributed by atoms with Crippen molar-refractivity contribution >= 4 is 22.6 Å². The third kappa shape index (κ3) is 4.09. The van der Waals surface area contributed by atoms with Gasteiger partial charge in [0, 0.05) is 35.3 Å². The van der Waals surface area contributed by atoms with Crippen LogP contribution < -0.4 is 10.6 Å². The lowest BCUT2D eigenvalue weighted by atomic mass is 9.96. The molecule has 4 aromatic rings. The number of rotatable bonds is 6. The highest BCUT2D eigenvalue weighted by Gasteiger charge is 2.21. The maximum Gasteiger partial charge on any atom is 0.251 e. The van der Waals surface area contributed by atoms with Gasteiger partial charge in [-0.1, -0.05) is 36.4 Å². The van der Waals surface area contributed by atoms with Crippen LogP contribution in [0.5, 0.6) is 0 Å². The maximum absolute atomic E-state index is 12.6. The van der Waals surface area contributed by atoms with Crippen molar-refractivity contribution in [3.05, 3.63) is 82.7 Å². The van der Waals surface area contributed by atoms with Crippen LogP contribution in [0.3, 0.4) is 0 Å². The third-order valence-electron chi connectivity index (χ3n) is 6.29. The lowest BCUT2D eigenvalue weighted by molar-refractivity contribution is 0.0957. The number of hydrogen-bond donors (Lipinski definition) is 2. The molecule has 0 spiro atoms. The monoisotopic (exact) mass is 439 g/mol. The molecule has 2 aromatic carbocycles. The molecule has 168 valence electrons. The molecule has 6 heteroatoms. The summed E-state index contributed by atoms with van der Waals surface area (Å²) in [5.41, 5.74) is 6.21. The van der Waals surface area contributed by atoms with Crippen LogP contribution >= 0.6 is 0 Å². The number of carbonyl (C=O) groups is 1. The fourth-order valence-corrected chi connectivity index (χ4v) is 4.69. The lowest BCUT2D eigenvalue weighted by Crippen LogP contribution is -2.22. The van der Waals surface area contributed by atoms with E-state index in [4.69, 9.17) is 9.97 Å². The molecule has 6 nitrogen and oxygen atoms in total. The number of aryl methyl sites for hydroxylation is 2. The zero-order chi connectivity index (χ0) is 22.8. The van der Waals surface area contributed by atoms with E-state index in [1.807, 2.05) is 38.1 Å². The van der Waals surface area contributed by atoms with Crippen LogP contribution in [0.2, 0.25) is 0 Å². The normalized spacial score (nSPS) is 13.0. The number of amides is 1. The third-order valence-corrected chi connectivity index (χ3v) is 6.29. The van der Waals surface area contributed by atoms with Crippen molar-refractivity contribution in [3.8, 4) is 5.95 Å². The van der Waals surface area contributed by atoms with E-state index in [-0.39, 0.29) is 5.91 Å². The molecular formula is C27H29N5O. The molecule has 2 aromatic heterocycles. The topological polar surface area (TPSA) is 71.8 Å². The van der Waals surface area contributed by atoms with Gasteiger partial charge in [-0.05, 0) is 63.3 Å². The van der Waals surface area contributed by atoms with Crippen molar-refractivity contribution in [2.75, 3.05) is 11.9 Å². The second-order valence-electron chi connectivity index (χ2n) is 8.56. The van der Waals surface area contributed by atoms with Gasteiger partial charge in [0.2, 0.25) is 5.95 Å². The van der Waals surface area contributed by atoms with E-state index >= 15 is 0 Å². The number of anilines is 1. The Bertz CT molecular complexity index is 1310. The second-order valence-corrected chi connectivity index (χ2v) is 8.56. The molecule has 1 amide bonds. The van der Waals surface area contributed by atoms with Crippen LogP contribution in [0.25, 0.3) is 16.9 Å². The van der Waals surface area contributed by atoms with Crippen molar-refractivity contribution in [1.82, 2.24) is 19.9 Å². The van der Waals surface area contributed by atoms with Crippen molar-refractivity contribution in [2.24, 2.45) is 0 Å². The van der Waals surface area contributed by atoms with Crippen LogP contribution in [0.4, 0.5) is 5.82 Å². The predicted octanol–water partition coefficient (Wildman–Crippen LogP) is 4.97. The summed E-state index contributed by atoms with van der Waals surface area (Å²) in [5.74, 6) is 1.52. The molecule has 0 aliphatic heterocycles. The Labute approximate surface area is 194 Å². The summed E-state index contributed by atoms with van der Waals surface area (Å²) < 4.78 is 2.07. The van der Waals surface area contributed by atoms with Gasteiger partial charge in [0.05, 0.1) is 11.2 Å². The molecule has 0 unspecified atom stereocenters. The molecule has 0 atom stereocenters. The molecule has 0 bridgehead atoms. The van der Waals surface area contributed by atoms with E-state index in [9.17, 15) is 4.79 Å². The fraction of sp³-hybridized carbons (Fsp3) is 0.296. The molecular weight excluding hydrogens is 410 g/mol. The summed E-state index contributed by atoms with van der Waals surface area (Å²) in [6, 6.07) is 18.3. The van der Waals surface area contributed by atoms with E-state index < -0.39 is 0 Å². The van der Waals surface area contributed by atoms with Gasteiger partial charge in [-0.15, -0.1) is 0 Å². The number of hydrogen-bond acceptors (Lipinski definition) is 4. The first-order valence-corrected chi connectivity index (χ1v) is 11.7. The smallest absolute Gasteiger partial charge is 0.251 e. The summed E-state index contributed by atoms with van der Waals surface area (Å²) in [4.78, 5) is 22.6. The Morgan fingerprint density at radius 1 is 1.03 bits per heavy atom. The molecule has 0 fully saturated rings. The number of aromatic nitrogens is 3. The van der Waals surface area contributed by atoms with E-state index in [1.54, 1.807) is 0 Å². The molecule has 2 heterocycles. The molecule has 0 radical (unpaired) electrons. The van der Waals surface area contributed by atoms with Crippen LogP contribution in [0, 0.1) is 6.92 Å². The van der Waals surface area contributed by atoms with Gasteiger partial charge in [-0.2, -0.15) is 4.98 Å². The van der Waals surface area contributed by atoms with E-state index in [2.05, 4.69) is 45.5 Å². The summed E-state index contributed by atoms with van der Waals surface area (Å²) >= 11 is 0.